The summed E-state index contributed by atoms with van der Waals surface area (Å²) in [7, 11) is 1.17. The lowest BCUT2D eigenvalue weighted by Gasteiger charge is -2.15. The number of rotatable bonds is 4. The number of amides is 3. The number of cyclic esters (lactones) is 1. The highest BCUT2D eigenvalue weighted by Gasteiger charge is 2.32. The Hall–Kier alpha value is -2.95. The molecular weight excluding hydrogens is 367 g/mol. The number of hydrogen-bond acceptors (Lipinski definition) is 6. The first kappa shape index (κ1) is 19.4. The van der Waals surface area contributed by atoms with Gasteiger partial charge in [-0.05, 0) is 30.4 Å². The number of hydrogen-bond donors (Lipinski definition) is 3. The number of carbonyl (C=O) groups excluding carboxylic acids is 3. The Labute approximate surface area is 153 Å². The largest absolute Gasteiger partial charge is 0.453 e. The number of nitrogens with zero attached hydrogens (tertiary/aromatic N) is 1. The van der Waals surface area contributed by atoms with E-state index < -0.39 is 24.1 Å². The molecule has 3 amide bonds. The van der Waals surface area contributed by atoms with Crippen LogP contribution in [-0.2, 0) is 14.3 Å². The summed E-state index contributed by atoms with van der Waals surface area (Å²) in [5, 5.41) is 7.11. The molecule has 11 heteroatoms. The maximum absolute atomic E-state index is 14.3. The molecule has 140 valence electrons. The molecule has 0 aliphatic carbocycles. The Balaban J connectivity index is 2.02. The zero-order chi connectivity index (χ0) is 19.3. The normalized spacial score (nSPS) is 15.9. The van der Waals surface area contributed by atoms with Gasteiger partial charge in [0.25, 0.3) is 0 Å². The van der Waals surface area contributed by atoms with Crippen LogP contribution < -0.4 is 20.9 Å². The van der Waals surface area contributed by atoms with Crippen molar-refractivity contribution in [1.82, 2.24) is 10.6 Å². The average molecular weight is 384 g/mol. The molecular formula is C15H17FN4O5S. The predicted octanol–water partition coefficient (Wildman–Crippen LogP) is 1.34. The van der Waals surface area contributed by atoms with Crippen LogP contribution in [0.5, 0.6) is 0 Å². The van der Waals surface area contributed by atoms with Gasteiger partial charge in [0.1, 0.15) is 11.9 Å². The molecule has 1 aromatic rings. The molecule has 1 heterocycles. The first-order chi connectivity index (χ1) is 12.3. The van der Waals surface area contributed by atoms with Gasteiger partial charge in [0.2, 0.25) is 5.91 Å². The Morgan fingerprint density at radius 1 is 1.46 bits per heavy atom. The molecule has 1 aliphatic heterocycles. The van der Waals surface area contributed by atoms with E-state index in [9.17, 15) is 18.8 Å². The summed E-state index contributed by atoms with van der Waals surface area (Å²) in [5.41, 5.74) is 0.299. The van der Waals surface area contributed by atoms with Crippen molar-refractivity contribution >= 4 is 46.8 Å². The van der Waals surface area contributed by atoms with Crippen LogP contribution in [0.2, 0.25) is 0 Å². The smallest absolute Gasteiger partial charge is 0.414 e. The van der Waals surface area contributed by atoms with Gasteiger partial charge in [-0.15, -0.1) is 0 Å². The van der Waals surface area contributed by atoms with Gasteiger partial charge in [-0.2, -0.15) is 0 Å². The summed E-state index contributed by atoms with van der Waals surface area (Å²) >= 11 is 4.85. The van der Waals surface area contributed by atoms with Gasteiger partial charge in [0.05, 0.1) is 31.6 Å². The lowest BCUT2D eigenvalue weighted by molar-refractivity contribution is -0.119. The van der Waals surface area contributed by atoms with Crippen molar-refractivity contribution in [2.45, 2.75) is 13.0 Å². The number of methoxy groups -OCH3 is 1. The first-order valence-corrected chi connectivity index (χ1v) is 7.89. The van der Waals surface area contributed by atoms with Gasteiger partial charge in [-0.25, -0.2) is 14.0 Å². The minimum atomic E-state index is -0.787. The standard InChI is InChI=1S/C15H17FN4O5S/c1-8(21)17-6-10-7-20(15(23)25-10)9-3-4-12(11(16)5-9)18-13(26)19-14(22)24-2/h3-5,10H,6-7H2,1-2H3,(H,17,21)(H2,18,19,22,26)/t10-/m0/s1. The summed E-state index contributed by atoms with van der Waals surface area (Å²) in [4.78, 5) is 35.2. The molecule has 0 unspecified atom stereocenters. The van der Waals surface area contributed by atoms with Crippen LogP contribution >= 0.6 is 12.2 Å². The Kier molecular flexibility index (Phi) is 6.28. The fraction of sp³-hybridized carbons (Fsp3) is 0.333. The summed E-state index contributed by atoms with van der Waals surface area (Å²) in [5.74, 6) is -0.924. The van der Waals surface area contributed by atoms with Gasteiger partial charge in [-0.1, -0.05) is 0 Å². The number of carbonyl (C=O) groups is 3. The van der Waals surface area contributed by atoms with Crippen LogP contribution in [0, 0.1) is 5.82 Å². The summed E-state index contributed by atoms with van der Waals surface area (Å²) in [6.07, 6.45) is -1.95. The average Bonchev–Trinajstić information content (AvgIpc) is 2.95. The van der Waals surface area contributed by atoms with Crippen LogP contribution in [-0.4, -0.2) is 49.5 Å². The van der Waals surface area contributed by atoms with Gasteiger partial charge < -0.3 is 20.1 Å². The van der Waals surface area contributed by atoms with Crippen molar-refractivity contribution in [2.24, 2.45) is 0 Å². The van der Waals surface area contributed by atoms with Gasteiger partial charge >= 0.3 is 12.2 Å². The minimum Gasteiger partial charge on any atom is -0.453 e. The number of alkyl carbamates (subject to hydrolysis) is 1. The van der Waals surface area contributed by atoms with Crippen molar-refractivity contribution in [2.75, 3.05) is 30.4 Å². The molecule has 1 aliphatic rings. The summed E-state index contributed by atoms with van der Waals surface area (Å²) < 4.78 is 23.8. The third-order valence-electron chi connectivity index (χ3n) is 3.37. The molecule has 1 atom stereocenters. The molecule has 0 radical (unpaired) electrons. The number of ether oxygens (including phenoxy) is 2. The van der Waals surface area contributed by atoms with E-state index in [1.54, 1.807) is 0 Å². The first-order valence-electron chi connectivity index (χ1n) is 7.48. The summed E-state index contributed by atoms with van der Waals surface area (Å²) in [6, 6.07) is 3.99. The van der Waals surface area contributed by atoms with Crippen LogP contribution in [0.1, 0.15) is 6.92 Å². The van der Waals surface area contributed by atoms with Crippen LogP contribution in [0.25, 0.3) is 0 Å². The maximum Gasteiger partial charge on any atom is 0.414 e. The molecule has 1 aromatic carbocycles. The lowest BCUT2D eigenvalue weighted by atomic mass is 10.2. The van der Waals surface area contributed by atoms with Crippen molar-refractivity contribution < 1.29 is 28.2 Å². The van der Waals surface area contributed by atoms with E-state index in [1.165, 1.54) is 31.1 Å². The van der Waals surface area contributed by atoms with Crippen molar-refractivity contribution in [3.8, 4) is 0 Å². The molecule has 0 spiro atoms. The molecule has 9 nitrogen and oxygen atoms in total. The van der Waals surface area contributed by atoms with E-state index in [2.05, 4.69) is 20.7 Å². The monoisotopic (exact) mass is 384 g/mol. The second kappa shape index (κ2) is 8.43. The Morgan fingerprint density at radius 3 is 2.81 bits per heavy atom. The molecule has 2 rings (SSSR count). The fourth-order valence-corrected chi connectivity index (χ4v) is 2.36. The second-order valence-corrected chi connectivity index (χ2v) is 5.70. The Morgan fingerprint density at radius 2 is 2.19 bits per heavy atom. The van der Waals surface area contributed by atoms with E-state index in [0.29, 0.717) is 0 Å². The van der Waals surface area contributed by atoms with Crippen molar-refractivity contribution in [3.05, 3.63) is 24.0 Å². The third-order valence-corrected chi connectivity index (χ3v) is 3.57. The molecule has 1 fully saturated rings. The minimum absolute atomic E-state index is 0.0116. The number of benzene rings is 1. The molecule has 0 aromatic heterocycles. The Bertz CT molecular complexity index is 745. The van der Waals surface area contributed by atoms with Crippen LogP contribution in [0.4, 0.5) is 25.4 Å². The molecule has 0 saturated carbocycles. The molecule has 1 saturated heterocycles. The zero-order valence-electron chi connectivity index (χ0n) is 14.0. The molecule has 3 N–H and O–H groups in total. The third kappa shape index (κ3) is 5.02. The van der Waals surface area contributed by atoms with E-state index >= 15 is 0 Å². The van der Waals surface area contributed by atoms with E-state index in [0.717, 1.165) is 6.07 Å². The lowest BCUT2D eigenvalue weighted by Crippen LogP contribution is -2.34. The number of anilines is 2. The molecule has 26 heavy (non-hydrogen) atoms. The van der Waals surface area contributed by atoms with Gasteiger partial charge in [0, 0.05) is 6.92 Å². The van der Waals surface area contributed by atoms with Gasteiger partial charge in [0.15, 0.2) is 5.11 Å². The molecule has 0 bridgehead atoms. The van der Waals surface area contributed by atoms with E-state index in [-0.39, 0.29) is 35.5 Å². The zero-order valence-corrected chi connectivity index (χ0v) is 14.8. The highest BCUT2D eigenvalue weighted by Crippen LogP contribution is 2.25. The number of thiocarbonyl (C=S) groups is 1. The highest BCUT2D eigenvalue weighted by atomic mass is 32.1. The van der Waals surface area contributed by atoms with Gasteiger partial charge in [-0.3, -0.25) is 15.0 Å². The van der Waals surface area contributed by atoms with Crippen molar-refractivity contribution in [1.29, 1.82) is 0 Å². The van der Waals surface area contributed by atoms with E-state index in [1.807, 2.05) is 0 Å². The van der Waals surface area contributed by atoms with E-state index in [4.69, 9.17) is 17.0 Å². The second-order valence-electron chi connectivity index (χ2n) is 5.29. The fourth-order valence-electron chi connectivity index (χ4n) is 2.17. The summed E-state index contributed by atoms with van der Waals surface area (Å²) in [6.45, 7) is 1.70. The quantitative estimate of drug-likeness (QED) is 0.672. The maximum atomic E-state index is 14.3. The highest BCUT2D eigenvalue weighted by molar-refractivity contribution is 7.80. The number of halogens is 1. The van der Waals surface area contributed by atoms with Crippen LogP contribution in [0.3, 0.4) is 0 Å². The topological polar surface area (TPSA) is 109 Å². The van der Waals surface area contributed by atoms with Crippen molar-refractivity contribution in [3.63, 3.8) is 0 Å². The van der Waals surface area contributed by atoms with Crippen LogP contribution in [0.15, 0.2) is 18.2 Å². The number of nitrogens with one attached hydrogen (secondary N) is 3. The predicted molar refractivity (Wildman–Crippen MR) is 94.5 cm³/mol. The SMILES string of the molecule is COC(=O)NC(=S)Nc1ccc(N2C[C@H](CNC(C)=O)OC2=O)cc1F.